The number of carboxylic acids is 1. The van der Waals surface area contributed by atoms with Crippen LogP contribution in [0.5, 0.6) is 5.75 Å². The van der Waals surface area contributed by atoms with Crippen molar-refractivity contribution in [3.63, 3.8) is 0 Å². The molecule has 0 spiro atoms. The van der Waals surface area contributed by atoms with Crippen LogP contribution >= 0.6 is 27.5 Å². The smallest absolute Gasteiger partial charge is 0.305 e. The van der Waals surface area contributed by atoms with Gasteiger partial charge in [-0.25, -0.2) is 13.1 Å². The molecule has 0 atom stereocenters. The quantitative estimate of drug-likeness (QED) is 0.766. The molecule has 0 unspecified atom stereocenters. The van der Waals surface area contributed by atoms with Crippen LogP contribution in [0.15, 0.2) is 21.5 Å². The Morgan fingerprint density at radius 1 is 1.48 bits per heavy atom. The molecule has 9 heteroatoms. The zero-order valence-corrected chi connectivity index (χ0v) is 14.8. The molecule has 118 valence electrons. The van der Waals surface area contributed by atoms with E-state index in [2.05, 4.69) is 20.7 Å². The minimum Gasteiger partial charge on any atom is -0.494 e. The average Bonchev–Trinajstić information content (AvgIpc) is 2.24. The number of methoxy groups -OCH3 is 1. The van der Waals surface area contributed by atoms with Gasteiger partial charge in [0.15, 0.2) is 5.75 Å². The van der Waals surface area contributed by atoms with Gasteiger partial charge in [-0.2, -0.15) is 0 Å². The maximum absolute atomic E-state index is 12.4. The number of carboxylic acid groups (broad SMARTS) is 1. The third kappa shape index (κ3) is 4.84. The summed E-state index contributed by atoms with van der Waals surface area (Å²) in [6.45, 7) is 2.95. The van der Waals surface area contributed by atoms with Crippen LogP contribution in [0, 0.1) is 0 Å². The second-order valence-electron chi connectivity index (χ2n) is 4.98. The molecule has 1 aromatic rings. The second kappa shape index (κ2) is 6.51. The first-order chi connectivity index (χ1) is 9.48. The number of benzene rings is 1. The fraction of sp³-hybridized carbons (Fsp3) is 0.417. The van der Waals surface area contributed by atoms with Gasteiger partial charge in [-0.3, -0.25) is 4.79 Å². The van der Waals surface area contributed by atoms with Crippen LogP contribution in [0.3, 0.4) is 0 Å². The predicted octanol–water partition coefficient (Wildman–Crippen LogP) is 2.64. The molecule has 0 aliphatic rings. The largest absolute Gasteiger partial charge is 0.494 e. The molecule has 0 bridgehead atoms. The van der Waals surface area contributed by atoms with Gasteiger partial charge in [-0.05, 0) is 41.9 Å². The number of aliphatic carboxylic acids is 1. The lowest BCUT2D eigenvalue weighted by Gasteiger charge is -2.24. The lowest BCUT2D eigenvalue weighted by molar-refractivity contribution is -0.138. The summed E-state index contributed by atoms with van der Waals surface area (Å²) in [7, 11) is -2.68. The highest BCUT2D eigenvalue weighted by Crippen LogP contribution is 2.35. The Balaban J connectivity index is 3.29. The SMILES string of the molecule is COc1c(Br)cc(Cl)cc1S(=O)(=O)NC(C)(C)CC(=O)O. The zero-order valence-electron chi connectivity index (χ0n) is 11.6. The van der Waals surface area contributed by atoms with Gasteiger partial charge in [-0.1, -0.05) is 11.6 Å². The molecule has 0 fully saturated rings. The van der Waals surface area contributed by atoms with E-state index in [9.17, 15) is 13.2 Å². The minimum atomic E-state index is -4.00. The number of ether oxygens (including phenoxy) is 1. The van der Waals surface area contributed by atoms with E-state index in [1.54, 1.807) is 0 Å². The molecule has 0 radical (unpaired) electrons. The van der Waals surface area contributed by atoms with Gasteiger partial charge in [0.2, 0.25) is 10.0 Å². The average molecular weight is 401 g/mol. The molecule has 0 heterocycles. The molecule has 0 aliphatic carbocycles. The van der Waals surface area contributed by atoms with Crippen molar-refractivity contribution in [3.05, 3.63) is 21.6 Å². The molecular weight excluding hydrogens is 386 g/mol. The highest BCUT2D eigenvalue weighted by molar-refractivity contribution is 9.10. The van der Waals surface area contributed by atoms with Gasteiger partial charge < -0.3 is 9.84 Å². The zero-order chi connectivity index (χ0) is 16.4. The van der Waals surface area contributed by atoms with Gasteiger partial charge in [0.05, 0.1) is 18.0 Å². The number of nitrogens with one attached hydrogen (secondary N) is 1. The highest BCUT2D eigenvalue weighted by Gasteiger charge is 2.31. The first-order valence-corrected chi connectivity index (χ1v) is 8.43. The summed E-state index contributed by atoms with van der Waals surface area (Å²) >= 11 is 9.04. The molecule has 6 nitrogen and oxygen atoms in total. The standard InChI is InChI=1S/C12H15BrClNO5S/c1-12(2,6-10(16)17)15-21(18,19)9-5-7(14)4-8(13)11(9)20-3/h4-5,15H,6H2,1-3H3,(H,16,17). The second-order valence-corrected chi connectivity index (χ2v) is 7.92. The first kappa shape index (κ1) is 18.2. The summed E-state index contributed by atoms with van der Waals surface area (Å²) in [6.07, 6.45) is -0.365. The molecule has 1 rings (SSSR count). The number of carbonyl (C=O) groups is 1. The molecule has 0 amide bonds. The van der Waals surface area contributed by atoms with E-state index in [0.29, 0.717) is 4.47 Å². The van der Waals surface area contributed by atoms with E-state index in [4.69, 9.17) is 21.4 Å². The van der Waals surface area contributed by atoms with E-state index in [1.165, 1.54) is 33.1 Å². The number of rotatable bonds is 6. The molecule has 21 heavy (non-hydrogen) atoms. The number of sulfonamides is 1. The maximum Gasteiger partial charge on any atom is 0.305 e. The van der Waals surface area contributed by atoms with Crippen LogP contribution in [0.25, 0.3) is 0 Å². The lowest BCUT2D eigenvalue weighted by Crippen LogP contribution is -2.44. The molecule has 0 aliphatic heterocycles. The van der Waals surface area contributed by atoms with E-state index in [0.717, 1.165) is 0 Å². The van der Waals surface area contributed by atoms with Gasteiger partial charge in [0.25, 0.3) is 0 Å². The van der Waals surface area contributed by atoms with E-state index in [1.807, 2.05) is 0 Å². The Hall–Kier alpha value is -0.830. The van der Waals surface area contributed by atoms with Crippen LogP contribution in [-0.4, -0.2) is 32.1 Å². The van der Waals surface area contributed by atoms with Crippen LogP contribution < -0.4 is 9.46 Å². The maximum atomic E-state index is 12.4. The topological polar surface area (TPSA) is 92.7 Å². The van der Waals surface area contributed by atoms with Crippen molar-refractivity contribution in [2.24, 2.45) is 0 Å². The third-order valence-electron chi connectivity index (χ3n) is 2.47. The minimum absolute atomic E-state index is 0.0954. The van der Waals surface area contributed by atoms with Crippen molar-refractivity contribution >= 4 is 43.5 Å². The van der Waals surface area contributed by atoms with E-state index >= 15 is 0 Å². The summed E-state index contributed by atoms with van der Waals surface area (Å²) in [6, 6.07) is 2.74. The van der Waals surface area contributed by atoms with Crippen LogP contribution in [0.2, 0.25) is 5.02 Å². The third-order valence-corrected chi connectivity index (χ3v) is 4.98. The molecule has 2 N–H and O–H groups in total. The molecule has 1 aromatic carbocycles. The lowest BCUT2D eigenvalue weighted by atomic mass is 10.0. The summed E-state index contributed by atoms with van der Waals surface area (Å²) in [5, 5.41) is 9.02. The fourth-order valence-electron chi connectivity index (χ4n) is 1.77. The van der Waals surface area contributed by atoms with Crippen molar-refractivity contribution in [3.8, 4) is 5.75 Å². The van der Waals surface area contributed by atoms with Gasteiger partial charge in [0.1, 0.15) is 4.90 Å². The Morgan fingerprint density at radius 3 is 2.52 bits per heavy atom. The molecule has 0 saturated carbocycles. The fourth-order valence-corrected chi connectivity index (χ4v) is 4.56. The first-order valence-electron chi connectivity index (χ1n) is 5.77. The highest BCUT2D eigenvalue weighted by atomic mass is 79.9. The van der Waals surface area contributed by atoms with Gasteiger partial charge in [-0.15, -0.1) is 0 Å². The van der Waals surface area contributed by atoms with Crippen LogP contribution in [0.4, 0.5) is 0 Å². The van der Waals surface area contributed by atoms with E-state index < -0.39 is 21.5 Å². The number of halogens is 2. The summed E-state index contributed by atoms with van der Waals surface area (Å²) in [5.74, 6) is -1.01. The van der Waals surface area contributed by atoms with Crippen molar-refractivity contribution in [2.45, 2.75) is 30.7 Å². The summed E-state index contributed by atoms with van der Waals surface area (Å²) < 4.78 is 32.7. The van der Waals surface area contributed by atoms with Gasteiger partial charge in [0, 0.05) is 10.6 Å². The number of hydrogen-bond donors (Lipinski definition) is 2. The monoisotopic (exact) mass is 399 g/mol. The number of hydrogen-bond acceptors (Lipinski definition) is 4. The Kier molecular flexibility index (Phi) is 5.65. The normalized spacial score (nSPS) is 12.2. The van der Waals surface area contributed by atoms with Crippen LogP contribution in [0.1, 0.15) is 20.3 Å². The Morgan fingerprint density at radius 2 is 2.05 bits per heavy atom. The van der Waals surface area contributed by atoms with E-state index in [-0.39, 0.29) is 22.1 Å². The molecule has 0 aromatic heterocycles. The van der Waals surface area contributed by atoms with Crippen molar-refractivity contribution in [1.82, 2.24) is 4.72 Å². The van der Waals surface area contributed by atoms with Gasteiger partial charge >= 0.3 is 5.97 Å². The summed E-state index contributed by atoms with van der Waals surface area (Å²) in [5.41, 5.74) is -1.16. The van der Waals surface area contributed by atoms with Crippen molar-refractivity contribution in [1.29, 1.82) is 0 Å². The predicted molar refractivity (Wildman–Crippen MR) is 82.4 cm³/mol. The molecule has 0 saturated heterocycles. The van der Waals surface area contributed by atoms with Crippen LogP contribution in [-0.2, 0) is 14.8 Å². The Labute approximate surface area is 136 Å². The molecular formula is C12H15BrClNO5S. The van der Waals surface area contributed by atoms with Crippen molar-refractivity contribution < 1.29 is 23.1 Å². The summed E-state index contributed by atoms with van der Waals surface area (Å²) in [4.78, 5) is 10.6. The van der Waals surface area contributed by atoms with Crippen molar-refractivity contribution in [2.75, 3.05) is 7.11 Å². The Bertz CT molecular complexity index is 660.